The van der Waals surface area contributed by atoms with Gasteiger partial charge in [0.15, 0.2) is 11.5 Å². The van der Waals surface area contributed by atoms with Crippen LogP contribution in [-0.2, 0) is 4.74 Å². The van der Waals surface area contributed by atoms with Crippen LogP contribution in [0, 0.1) is 0 Å². The molecule has 0 aliphatic heterocycles. The molecule has 21 heavy (non-hydrogen) atoms. The SMILES string of the molecule is CCCCCCCOC(=O)c1cc(OC)c(O)c(OC)c1. The summed E-state index contributed by atoms with van der Waals surface area (Å²) in [7, 11) is 2.83. The lowest BCUT2D eigenvalue weighted by atomic mass is 10.1. The molecule has 118 valence electrons. The lowest BCUT2D eigenvalue weighted by Crippen LogP contribution is -2.07. The average molecular weight is 296 g/mol. The Morgan fingerprint density at radius 3 is 2.14 bits per heavy atom. The summed E-state index contributed by atoms with van der Waals surface area (Å²) in [6.45, 7) is 2.56. The normalized spacial score (nSPS) is 10.2. The summed E-state index contributed by atoms with van der Waals surface area (Å²) in [5.41, 5.74) is 0.301. The first-order valence-corrected chi connectivity index (χ1v) is 7.26. The lowest BCUT2D eigenvalue weighted by Gasteiger charge is -2.11. The largest absolute Gasteiger partial charge is 0.502 e. The van der Waals surface area contributed by atoms with Crippen LogP contribution < -0.4 is 9.47 Å². The van der Waals surface area contributed by atoms with Crippen molar-refractivity contribution in [2.45, 2.75) is 39.0 Å². The molecule has 0 aromatic heterocycles. The van der Waals surface area contributed by atoms with Gasteiger partial charge < -0.3 is 19.3 Å². The molecular formula is C16H24O5. The van der Waals surface area contributed by atoms with E-state index in [2.05, 4.69) is 6.92 Å². The molecular weight excluding hydrogens is 272 g/mol. The second-order valence-electron chi connectivity index (χ2n) is 4.78. The number of phenolic OH excluding ortho intramolecular Hbond substituents is 1. The maximum atomic E-state index is 12.0. The van der Waals surface area contributed by atoms with E-state index in [1.807, 2.05) is 0 Å². The molecule has 0 spiro atoms. The van der Waals surface area contributed by atoms with E-state index >= 15 is 0 Å². The Labute approximate surface area is 125 Å². The van der Waals surface area contributed by atoms with Crippen molar-refractivity contribution in [2.75, 3.05) is 20.8 Å². The number of carbonyl (C=O) groups excluding carboxylic acids is 1. The molecule has 0 saturated heterocycles. The van der Waals surface area contributed by atoms with E-state index in [1.165, 1.54) is 39.2 Å². The molecule has 1 rings (SSSR count). The predicted octanol–water partition coefficient (Wildman–Crippen LogP) is 3.54. The summed E-state index contributed by atoms with van der Waals surface area (Å²) in [5.74, 6) is -0.202. The van der Waals surface area contributed by atoms with Gasteiger partial charge in [0.05, 0.1) is 26.4 Å². The molecule has 1 aromatic rings. The van der Waals surface area contributed by atoms with Gasteiger partial charge in [-0.1, -0.05) is 32.6 Å². The lowest BCUT2D eigenvalue weighted by molar-refractivity contribution is 0.0497. The summed E-state index contributed by atoms with van der Waals surface area (Å²) in [5, 5.41) is 9.79. The first-order chi connectivity index (χ1) is 10.1. The summed E-state index contributed by atoms with van der Waals surface area (Å²) in [4.78, 5) is 12.0. The molecule has 5 heteroatoms. The minimum absolute atomic E-state index is 0.129. The Balaban J connectivity index is 2.57. The monoisotopic (exact) mass is 296 g/mol. The van der Waals surface area contributed by atoms with Gasteiger partial charge in [-0.3, -0.25) is 0 Å². The van der Waals surface area contributed by atoms with Crippen LogP contribution in [0.5, 0.6) is 17.2 Å². The Morgan fingerprint density at radius 2 is 1.62 bits per heavy atom. The van der Waals surface area contributed by atoms with E-state index in [1.54, 1.807) is 0 Å². The fraction of sp³-hybridized carbons (Fsp3) is 0.562. The van der Waals surface area contributed by atoms with Crippen molar-refractivity contribution in [1.82, 2.24) is 0 Å². The smallest absolute Gasteiger partial charge is 0.338 e. The zero-order chi connectivity index (χ0) is 15.7. The second-order valence-corrected chi connectivity index (χ2v) is 4.78. The average Bonchev–Trinajstić information content (AvgIpc) is 2.50. The van der Waals surface area contributed by atoms with E-state index in [4.69, 9.17) is 14.2 Å². The van der Waals surface area contributed by atoms with Crippen LogP contribution in [0.1, 0.15) is 49.4 Å². The molecule has 0 aliphatic rings. The Morgan fingerprint density at radius 1 is 1.05 bits per heavy atom. The summed E-state index contributed by atoms with van der Waals surface area (Å²) in [6, 6.07) is 2.88. The van der Waals surface area contributed by atoms with Gasteiger partial charge >= 0.3 is 5.97 Å². The Hall–Kier alpha value is -1.91. The van der Waals surface area contributed by atoms with E-state index in [0.29, 0.717) is 12.2 Å². The molecule has 5 nitrogen and oxygen atoms in total. The molecule has 0 bridgehead atoms. The van der Waals surface area contributed by atoms with Crippen molar-refractivity contribution in [3.05, 3.63) is 17.7 Å². The number of unbranched alkanes of at least 4 members (excludes halogenated alkanes) is 4. The summed E-state index contributed by atoms with van der Waals surface area (Å²) < 4.78 is 15.2. The maximum absolute atomic E-state index is 12.0. The third kappa shape index (κ3) is 5.17. The number of hydrogen-bond donors (Lipinski definition) is 1. The van der Waals surface area contributed by atoms with Crippen LogP contribution in [0.15, 0.2) is 12.1 Å². The molecule has 0 heterocycles. The minimum Gasteiger partial charge on any atom is -0.502 e. The van der Waals surface area contributed by atoms with Crippen LogP contribution in [0.25, 0.3) is 0 Å². The van der Waals surface area contributed by atoms with Crippen molar-refractivity contribution in [3.8, 4) is 17.2 Å². The highest BCUT2D eigenvalue weighted by Crippen LogP contribution is 2.37. The maximum Gasteiger partial charge on any atom is 0.338 e. The molecule has 0 saturated carbocycles. The number of carbonyl (C=O) groups is 1. The number of phenols is 1. The van der Waals surface area contributed by atoms with Crippen molar-refractivity contribution >= 4 is 5.97 Å². The van der Waals surface area contributed by atoms with Crippen molar-refractivity contribution in [2.24, 2.45) is 0 Å². The van der Waals surface area contributed by atoms with E-state index < -0.39 is 5.97 Å². The predicted molar refractivity (Wildman–Crippen MR) is 80.3 cm³/mol. The van der Waals surface area contributed by atoms with Gasteiger partial charge in [0.2, 0.25) is 5.75 Å². The Kier molecular flexibility index (Phi) is 7.43. The highest BCUT2D eigenvalue weighted by atomic mass is 16.5. The highest BCUT2D eigenvalue weighted by molar-refractivity contribution is 5.91. The molecule has 0 amide bonds. The molecule has 0 unspecified atom stereocenters. The number of hydrogen-bond acceptors (Lipinski definition) is 5. The van der Waals surface area contributed by atoms with Gasteiger partial charge in [-0.05, 0) is 18.6 Å². The van der Waals surface area contributed by atoms with Gasteiger partial charge in [-0.2, -0.15) is 0 Å². The standard InChI is InChI=1S/C16H24O5/c1-4-5-6-7-8-9-21-16(18)12-10-13(19-2)15(17)14(11-12)20-3/h10-11,17H,4-9H2,1-3H3. The van der Waals surface area contributed by atoms with Gasteiger partial charge in [-0.15, -0.1) is 0 Å². The topological polar surface area (TPSA) is 65.0 Å². The third-order valence-electron chi connectivity index (χ3n) is 3.20. The Bertz CT molecular complexity index is 431. The zero-order valence-electron chi connectivity index (χ0n) is 13.0. The van der Waals surface area contributed by atoms with Crippen LogP contribution in [0.3, 0.4) is 0 Å². The molecule has 0 atom stereocenters. The van der Waals surface area contributed by atoms with Crippen molar-refractivity contribution in [1.29, 1.82) is 0 Å². The molecule has 0 aliphatic carbocycles. The number of methoxy groups -OCH3 is 2. The summed E-state index contributed by atoms with van der Waals surface area (Å²) in [6.07, 6.45) is 5.48. The quantitative estimate of drug-likeness (QED) is 0.558. The van der Waals surface area contributed by atoms with Crippen LogP contribution >= 0.6 is 0 Å². The van der Waals surface area contributed by atoms with Gasteiger partial charge in [-0.25, -0.2) is 4.79 Å². The fourth-order valence-corrected chi connectivity index (χ4v) is 1.97. The number of esters is 1. The third-order valence-corrected chi connectivity index (χ3v) is 3.20. The van der Waals surface area contributed by atoms with Crippen LogP contribution in [0.4, 0.5) is 0 Å². The van der Waals surface area contributed by atoms with Crippen molar-refractivity contribution in [3.63, 3.8) is 0 Å². The number of benzene rings is 1. The highest BCUT2D eigenvalue weighted by Gasteiger charge is 2.16. The summed E-state index contributed by atoms with van der Waals surface area (Å²) >= 11 is 0. The van der Waals surface area contributed by atoms with Gasteiger partial charge in [0, 0.05) is 0 Å². The first-order valence-electron chi connectivity index (χ1n) is 7.26. The number of ether oxygens (including phenoxy) is 3. The van der Waals surface area contributed by atoms with Gasteiger partial charge in [0.25, 0.3) is 0 Å². The van der Waals surface area contributed by atoms with Crippen LogP contribution in [0.2, 0.25) is 0 Å². The minimum atomic E-state index is -0.443. The fourth-order valence-electron chi connectivity index (χ4n) is 1.97. The number of rotatable bonds is 9. The first kappa shape index (κ1) is 17.1. The zero-order valence-corrected chi connectivity index (χ0v) is 13.0. The van der Waals surface area contributed by atoms with E-state index in [0.717, 1.165) is 19.3 Å². The van der Waals surface area contributed by atoms with Crippen LogP contribution in [-0.4, -0.2) is 31.9 Å². The molecule has 1 aromatic carbocycles. The van der Waals surface area contributed by atoms with E-state index in [9.17, 15) is 9.90 Å². The molecule has 0 radical (unpaired) electrons. The van der Waals surface area contributed by atoms with Gasteiger partial charge in [0.1, 0.15) is 0 Å². The second kappa shape index (κ2) is 9.10. The van der Waals surface area contributed by atoms with Crippen molar-refractivity contribution < 1.29 is 24.1 Å². The van der Waals surface area contributed by atoms with E-state index in [-0.39, 0.29) is 17.2 Å². The molecule has 1 N–H and O–H groups in total. The number of aromatic hydroxyl groups is 1. The molecule has 0 fully saturated rings.